The fourth-order valence-electron chi connectivity index (χ4n) is 2.28. The number of aromatic nitrogens is 3. The number of aliphatic hydroxyl groups excluding tert-OH is 1. The Morgan fingerprint density at radius 2 is 1.88 bits per heavy atom. The number of benzene rings is 1. The summed E-state index contributed by atoms with van der Waals surface area (Å²) in [5, 5.41) is 12.6. The molecule has 1 aromatic carbocycles. The molecule has 0 radical (unpaired) electrons. The lowest BCUT2D eigenvalue weighted by Crippen LogP contribution is -2.20. The van der Waals surface area contributed by atoms with Gasteiger partial charge in [-0.1, -0.05) is 29.4 Å². The van der Waals surface area contributed by atoms with E-state index in [-0.39, 0.29) is 24.5 Å². The number of halogens is 3. The van der Waals surface area contributed by atoms with Crippen LogP contribution in [0.15, 0.2) is 51.9 Å². The fourth-order valence-corrected chi connectivity index (χ4v) is 2.28. The Morgan fingerprint density at radius 3 is 2.48 bits per heavy atom. The zero-order valence-corrected chi connectivity index (χ0v) is 12.7. The first kappa shape index (κ1) is 16.9. The van der Waals surface area contributed by atoms with Gasteiger partial charge in [0.1, 0.15) is 0 Å². The molecule has 0 atom stereocenters. The molecule has 0 unspecified atom stereocenters. The number of rotatable bonds is 4. The molecule has 25 heavy (non-hydrogen) atoms. The molecule has 0 spiro atoms. The maximum Gasteiger partial charge on any atom is 0.471 e. The quantitative estimate of drug-likeness (QED) is 0.781. The second-order valence-corrected chi connectivity index (χ2v) is 5.23. The Bertz CT molecular complexity index is 947. The number of nitrogens with zero attached hydrogens (tertiary/aromatic N) is 3. The SMILES string of the molecule is O=c1cc(-c2noc(C(F)(F)F)n2)ccn1Cc1ccccc1CO. The van der Waals surface area contributed by atoms with Crippen molar-refractivity contribution in [3.63, 3.8) is 0 Å². The van der Waals surface area contributed by atoms with Crippen LogP contribution in [-0.4, -0.2) is 19.8 Å². The largest absolute Gasteiger partial charge is 0.471 e. The van der Waals surface area contributed by atoms with Gasteiger partial charge in [-0.3, -0.25) is 4.79 Å². The third-order valence-electron chi connectivity index (χ3n) is 3.55. The lowest BCUT2D eigenvalue weighted by molar-refractivity contribution is -0.159. The Labute approximate surface area is 139 Å². The molecule has 2 aromatic heterocycles. The minimum atomic E-state index is -4.74. The molecule has 0 aliphatic carbocycles. The normalized spacial score (nSPS) is 11.7. The topological polar surface area (TPSA) is 81.2 Å². The van der Waals surface area contributed by atoms with E-state index in [0.717, 1.165) is 11.6 Å². The highest BCUT2D eigenvalue weighted by Gasteiger charge is 2.38. The van der Waals surface area contributed by atoms with Gasteiger partial charge in [-0.25, -0.2) is 0 Å². The van der Waals surface area contributed by atoms with Crippen molar-refractivity contribution < 1.29 is 22.8 Å². The van der Waals surface area contributed by atoms with E-state index in [0.29, 0.717) is 5.56 Å². The predicted molar refractivity (Wildman–Crippen MR) is 80.5 cm³/mol. The first-order chi connectivity index (χ1) is 11.9. The van der Waals surface area contributed by atoms with Gasteiger partial charge in [0.15, 0.2) is 0 Å². The molecular formula is C16H12F3N3O3. The second-order valence-electron chi connectivity index (χ2n) is 5.23. The van der Waals surface area contributed by atoms with Crippen molar-refractivity contribution in [2.45, 2.75) is 19.3 Å². The smallest absolute Gasteiger partial charge is 0.392 e. The lowest BCUT2D eigenvalue weighted by atomic mass is 10.1. The van der Waals surface area contributed by atoms with E-state index in [1.54, 1.807) is 24.3 Å². The molecule has 9 heteroatoms. The monoisotopic (exact) mass is 351 g/mol. The maximum atomic E-state index is 12.5. The van der Waals surface area contributed by atoms with E-state index in [9.17, 15) is 23.1 Å². The summed E-state index contributed by atoms with van der Waals surface area (Å²) in [6.07, 6.45) is -3.32. The van der Waals surface area contributed by atoms with Gasteiger partial charge in [0.2, 0.25) is 5.82 Å². The molecule has 3 rings (SSSR count). The Hall–Kier alpha value is -2.94. The number of pyridine rings is 1. The minimum Gasteiger partial charge on any atom is -0.392 e. The summed E-state index contributed by atoms with van der Waals surface area (Å²) in [6.45, 7) is 0.0575. The van der Waals surface area contributed by atoms with Gasteiger partial charge in [0, 0.05) is 17.8 Å². The standard InChI is InChI=1S/C16H12F3N3O3/c17-16(18,19)15-20-14(21-25-15)10-5-6-22(13(24)7-10)8-11-3-1-2-4-12(11)9-23/h1-7,23H,8-9H2. The summed E-state index contributed by atoms with van der Waals surface area (Å²) in [6, 6.07) is 9.63. The van der Waals surface area contributed by atoms with Gasteiger partial charge in [-0.15, -0.1) is 0 Å². The molecule has 3 aromatic rings. The van der Waals surface area contributed by atoms with Crippen LogP contribution >= 0.6 is 0 Å². The number of hydrogen-bond donors (Lipinski definition) is 1. The van der Waals surface area contributed by atoms with E-state index in [1.165, 1.54) is 16.8 Å². The lowest BCUT2D eigenvalue weighted by Gasteiger charge is -2.09. The fraction of sp³-hybridized carbons (Fsp3) is 0.188. The second kappa shape index (κ2) is 6.52. The van der Waals surface area contributed by atoms with Gasteiger partial charge in [-0.2, -0.15) is 18.2 Å². The zero-order valence-electron chi connectivity index (χ0n) is 12.7. The molecule has 0 amide bonds. The molecule has 0 saturated heterocycles. The zero-order chi connectivity index (χ0) is 18.0. The summed E-state index contributed by atoms with van der Waals surface area (Å²) in [4.78, 5) is 15.5. The molecule has 0 aliphatic heterocycles. The number of aliphatic hydroxyl groups is 1. The van der Waals surface area contributed by atoms with Crippen LogP contribution in [0.1, 0.15) is 17.0 Å². The van der Waals surface area contributed by atoms with Crippen molar-refractivity contribution in [1.29, 1.82) is 0 Å². The summed E-state index contributed by atoms with van der Waals surface area (Å²) >= 11 is 0. The van der Waals surface area contributed by atoms with E-state index < -0.39 is 17.6 Å². The summed E-state index contributed by atoms with van der Waals surface area (Å²) in [5.41, 5.74) is 1.13. The first-order valence-electron chi connectivity index (χ1n) is 7.18. The van der Waals surface area contributed by atoms with Crippen molar-refractivity contribution in [2.24, 2.45) is 0 Å². The van der Waals surface area contributed by atoms with Crippen LogP contribution in [0.25, 0.3) is 11.4 Å². The minimum absolute atomic E-state index is 0.121. The average molecular weight is 351 g/mol. The molecular weight excluding hydrogens is 339 g/mol. The van der Waals surface area contributed by atoms with Crippen molar-refractivity contribution >= 4 is 0 Å². The van der Waals surface area contributed by atoms with Crippen LogP contribution in [0.2, 0.25) is 0 Å². The highest BCUT2D eigenvalue weighted by atomic mass is 19.4. The van der Waals surface area contributed by atoms with Gasteiger partial charge in [0.25, 0.3) is 5.56 Å². The van der Waals surface area contributed by atoms with Crippen molar-refractivity contribution in [3.8, 4) is 11.4 Å². The maximum absolute atomic E-state index is 12.5. The van der Waals surface area contributed by atoms with Crippen LogP contribution in [0.5, 0.6) is 0 Å². The van der Waals surface area contributed by atoms with Gasteiger partial charge in [0.05, 0.1) is 13.2 Å². The van der Waals surface area contributed by atoms with E-state index >= 15 is 0 Å². The Balaban J connectivity index is 1.89. The van der Waals surface area contributed by atoms with Crippen LogP contribution in [0.4, 0.5) is 13.2 Å². The molecule has 0 aliphatic rings. The Kier molecular flexibility index (Phi) is 4.41. The van der Waals surface area contributed by atoms with Crippen molar-refractivity contribution in [2.75, 3.05) is 0 Å². The molecule has 0 saturated carbocycles. The molecule has 130 valence electrons. The van der Waals surface area contributed by atoms with Crippen LogP contribution in [0.3, 0.4) is 0 Å². The molecule has 2 heterocycles. The Morgan fingerprint density at radius 1 is 1.16 bits per heavy atom. The predicted octanol–water partition coefficient (Wildman–Crippen LogP) is 2.46. The first-order valence-corrected chi connectivity index (χ1v) is 7.18. The molecule has 1 N–H and O–H groups in total. The summed E-state index contributed by atoms with van der Waals surface area (Å²) in [7, 11) is 0. The van der Waals surface area contributed by atoms with Crippen LogP contribution in [0, 0.1) is 0 Å². The summed E-state index contributed by atoms with van der Waals surface area (Å²) in [5.74, 6) is -1.78. The van der Waals surface area contributed by atoms with Crippen molar-refractivity contribution in [1.82, 2.24) is 14.7 Å². The van der Waals surface area contributed by atoms with Crippen LogP contribution < -0.4 is 5.56 Å². The van der Waals surface area contributed by atoms with Crippen molar-refractivity contribution in [3.05, 3.63) is 70.0 Å². The molecule has 0 fully saturated rings. The average Bonchev–Trinajstić information content (AvgIpc) is 3.07. The highest BCUT2D eigenvalue weighted by Crippen LogP contribution is 2.29. The molecule has 0 bridgehead atoms. The van der Waals surface area contributed by atoms with Gasteiger partial charge >= 0.3 is 12.1 Å². The molecule has 6 nitrogen and oxygen atoms in total. The number of alkyl halides is 3. The highest BCUT2D eigenvalue weighted by molar-refractivity contribution is 5.52. The van der Waals surface area contributed by atoms with E-state index in [4.69, 9.17) is 0 Å². The number of hydrogen-bond acceptors (Lipinski definition) is 5. The van der Waals surface area contributed by atoms with Crippen LogP contribution in [-0.2, 0) is 19.3 Å². The van der Waals surface area contributed by atoms with E-state index in [1.807, 2.05) is 0 Å². The van der Waals surface area contributed by atoms with Gasteiger partial charge in [-0.05, 0) is 17.2 Å². The van der Waals surface area contributed by atoms with Gasteiger partial charge < -0.3 is 14.2 Å². The van der Waals surface area contributed by atoms with E-state index in [2.05, 4.69) is 14.7 Å². The third kappa shape index (κ3) is 3.61. The third-order valence-corrected chi connectivity index (χ3v) is 3.55. The summed E-state index contributed by atoms with van der Waals surface area (Å²) < 4.78 is 43.0.